The Morgan fingerprint density at radius 3 is 2.83 bits per heavy atom. The van der Waals surface area contributed by atoms with Crippen molar-refractivity contribution in [3.63, 3.8) is 0 Å². The van der Waals surface area contributed by atoms with Crippen molar-refractivity contribution in [1.82, 2.24) is 10.3 Å². The second-order valence-corrected chi connectivity index (χ2v) is 8.01. The fourth-order valence-corrected chi connectivity index (χ4v) is 3.94. The molecule has 5 nitrogen and oxygen atoms in total. The normalized spacial score (nSPS) is 10.9. The molecule has 0 saturated heterocycles. The monoisotopic (exact) mass is 445 g/mol. The Morgan fingerprint density at radius 1 is 1.21 bits per heavy atom. The summed E-state index contributed by atoms with van der Waals surface area (Å²) in [6.45, 7) is 1.91. The standard InChI is InChI=1S/C20H13ClFN3O2S2/c1-10-2-3-11(8-13(10)21)15-6-7-16(27-15)18(26)24-19(28)25-20-23-14-5-4-12(22)9-17(14)29-20/h2-9H,1H3,(H2,23,24,25,26,28). The zero-order valence-corrected chi connectivity index (χ0v) is 17.3. The van der Waals surface area contributed by atoms with Gasteiger partial charge in [-0.25, -0.2) is 9.37 Å². The molecular formula is C20H13ClFN3O2S2. The van der Waals surface area contributed by atoms with E-state index in [1.165, 1.54) is 23.5 Å². The molecule has 146 valence electrons. The number of thiazole rings is 1. The molecule has 0 fully saturated rings. The molecule has 0 aliphatic rings. The number of nitrogens with one attached hydrogen (secondary N) is 2. The Kier molecular flexibility index (Phi) is 5.31. The van der Waals surface area contributed by atoms with Crippen LogP contribution in [0.15, 0.2) is 52.9 Å². The van der Waals surface area contributed by atoms with E-state index in [2.05, 4.69) is 15.6 Å². The van der Waals surface area contributed by atoms with Gasteiger partial charge in [-0.05, 0) is 61.1 Å². The Labute approximate surface area is 179 Å². The average molecular weight is 446 g/mol. The van der Waals surface area contributed by atoms with Gasteiger partial charge in [-0.15, -0.1) is 0 Å². The van der Waals surface area contributed by atoms with Crippen LogP contribution in [0.2, 0.25) is 5.02 Å². The van der Waals surface area contributed by atoms with Gasteiger partial charge >= 0.3 is 0 Å². The van der Waals surface area contributed by atoms with Crippen LogP contribution in [0.3, 0.4) is 0 Å². The first-order valence-electron chi connectivity index (χ1n) is 8.44. The molecule has 4 rings (SSSR count). The number of anilines is 1. The van der Waals surface area contributed by atoms with Gasteiger partial charge < -0.3 is 9.73 Å². The minimum atomic E-state index is -0.501. The summed E-state index contributed by atoms with van der Waals surface area (Å²) in [6, 6.07) is 13.1. The van der Waals surface area contributed by atoms with Crippen LogP contribution in [0.1, 0.15) is 16.1 Å². The van der Waals surface area contributed by atoms with Crippen LogP contribution < -0.4 is 10.6 Å². The number of carbonyl (C=O) groups is 1. The highest BCUT2D eigenvalue weighted by Gasteiger charge is 2.15. The molecule has 9 heteroatoms. The minimum absolute atomic E-state index is 0.0610. The number of benzene rings is 2. The van der Waals surface area contributed by atoms with Crippen molar-refractivity contribution < 1.29 is 13.6 Å². The summed E-state index contributed by atoms with van der Waals surface area (Å²) in [5.74, 6) is -0.220. The van der Waals surface area contributed by atoms with E-state index in [1.807, 2.05) is 19.1 Å². The van der Waals surface area contributed by atoms with Crippen molar-refractivity contribution in [2.75, 3.05) is 5.32 Å². The van der Waals surface area contributed by atoms with E-state index in [0.29, 0.717) is 26.1 Å². The third-order valence-corrected chi connectivity index (χ3v) is 5.63. The Hall–Kier alpha value is -2.81. The summed E-state index contributed by atoms with van der Waals surface area (Å²) in [6.07, 6.45) is 0. The number of furan rings is 1. The quantitative estimate of drug-likeness (QED) is 0.391. The van der Waals surface area contributed by atoms with Gasteiger partial charge in [0.05, 0.1) is 10.2 Å². The van der Waals surface area contributed by atoms with E-state index < -0.39 is 5.91 Å². The van der Waals surface area contributed by atoms with Crippen molar-refractivity contribution in [2.45, 2.75) is 6.92 Å². The third-order valence-electron chi connectivity index (χ3n) is 4.08. The van der Waals surface area contributed by atoms with Gasteiger partial charge in [0, 0.05) is 10.6 Å². The average Bonchev–Trinajstić information content (AvgIpc) is 3.30. The summed E-state index contributed by atoms with van der Waals surface area (Å²) in [5, 5.41) is 6.50. The minimum Gasteiger partial charge on any atom is -0.451 e. The van der Waals surface area contributed by atoms with Gasteiger partial charge in [-0.1, -0.05) is 35.1 Å². The first-order chi connectivity index (χ1) is 13.9. The number of carbonyl (C=O) groups excluding carboxylic acids is 1. The fraction of sp³-hybridized carbons (Fsp3) is 0.0500. The van der Waals surface area contributed by atoms with Gasteiger partial charge in [-0.3, -0.25) is 10.1 Å². The number of rotatable bonds is 3. The molecule has 0 aliphatic heterocycles. The number of fused-ring (bicyclic) bond motifs is 1. The molecule has 4 aromatic rings. The first-order valence-corrected chi connectivity index (χ1v) is 10.0. The predicted octanol–water partition coefficient (Wildman–Crippen LogP) is 5.78. The summed E-state index contributed by atoms with van der Waals surface area (Å²) in [5.41, 5.74) is 2.36. The molecule has 0 unspecified atom stereocenters. The van der Waals surface area contributed by atoms with Gasteiger partial charge in [-0.2, -0.15) is 0 Å². The SMILES string of the molecule is Cc1ccc(-c2ccc(C(=O)NC(=S)Nc3nc4ccc(F)cc4s3)o2)cc1Cl. The van der Waals surface area contributed by atoms with E-state index >= 15 is 0 Å². The maximum absolute atomic E-state index is 13.3. The van der Waals surface area contributed by atoms with Gasteiger partial charge in [0.1, 0.15) is 11.6 Å². The molecule has 0 radical (unpaired) electrons. The lowest BCUT2D eigenvalue weighted by Crippen LogP contribution is -2.33. The number of amides is 1. The van der Waals surface area contributed by atoms with Crippen LogP contribution >= 0.6 is 35.2 Å². The van der Waals surface area contributed by atoms with Gasteiger partial charge in [0.2, 0.25) is 0 Å². The molecule has 0 bridgehead atoms. The van der Waals surface area contributed by atoms with Crippen molar-refractivity contribution in [1.29, 1.82) is 0 Å². The second kappa shape index (κ2) is 7.90. The zero-order chi connectivity index (χ0) is 20.5. The highest BCUT2D eigenvalue weighted by atomic mass is 35.5. The summed E-state index contributed by atoms with van der Waals surface area (Å²) in [4.78, 5) is 16.7. The van der Waals surface area contributed by atoms with Gasteiger partial charge in [0.25, 0.3) is 5.91 Å². The molecule has 2 aromatic heterocycles. The second-order valence-electron chi connectivity index (χ2n) is 6.17. The number of nitrogens with zero attached hydrogens (tertiary/aromatic N) is 1. The molecule has 0 saturated carbocycles. The van der Waals surface area contributed by atoms with Crippen molar-refractivity contribution in [2.24, 2.45) is 0 Å². The van der Waals surface area contributed by atoms with Gasteiger partial charge in [0.15, 0.2) is 16.0 Å². The predicted molar refractivity (Wildman–Crippen MR) is 117 cm³/mol. The molecule has 2 N–H and O–H groups in total. The fourth-order valence-electron chi connectivity index (χ4n) is 2.61. The van der Waals surface area contributed by atoms with E-state index in [0.717, 1.165) is 11.1 Å². The smallest absolute Gasteiger partial charge is 0.293 e. The largest absolute Gasteiger partial charge is 0.451 e. The van der Waals surface area contributed by atoms with E-state index in [-0.39, 0.29) is 16.7 Å². The molecular weight excluding hydrogens is 433 g/mol. The maximum atomic E-state index is 13.3. The summed E-state index contributed by atoms with van der Waals surface area (Å²) < 4.78 is 19.6. The lowest BCUT2D eigenvalue weighted by molar-refractivity contribution is 0.0951. The van der Waals surface area contributed by atoms with Crippen LogP contribution in [-0.2, 0) is 0 Å². The third kappa shape index (κ3) is 4.29. The Balaban J connectivity index is 1.44. The Morgan fingerprint density at radius 2 is 2.03 bits per heavy atom. The van der Waals surface area contributed by atoms with Crippen molar-refractivity contribution in [3.8, 4) is 11.3 Å². The van der Waals surface area contributed by atoms with Crippen LogP contribution in [0, 0.1) is 12.7 Å². The first kappa shape index (κ1) is 19.5. The molecule has 2 aromatic carbocycles. The van der Waals surface area contributed by atoms with Crippen LogP contribution in [0.4, 0.5) is 9.52 Å². The lowest BCUT2D eigenvalue weighted by atomic mass is 10.1. The van der Waals surface area contributed by atoms with Crippen LogP contribution in [0.25, 0.3) is 21.5 Å². The zero-order valence-electron chi connectivity index (χ0n) is 15.0. The van der Waals surface area contributed by atoms with E-state index in [9.17, 15) is 9.18 Å². The number of thiocarbonyl (C=S) groups is 1. The topological polar surface area (TPSA) is 67.2 Å². The summed E-state index contributed by atoms with van der Waals surface area (Å²) in [7, 11) is 0. The van der Waals surface area contributed by atoms with Crippen LogP contribution in [0.5, 0.6) is 0 Å². The van der Waals surface area contributed by atoms with Crippen molar-refractivity contribution in [3.05, 3.63) is 70.7 Å². The van der Waals surface area contributed by atoms with Crippen LogP contribution in [-0.4, -0.2) is 16.0 Å². The molecule has 1 amide bonds. The summed E-state index contributed by atoms with van der Waals surface area (Å²) >= 11 is 12.5. The number of hydrogen-bond acceptors (Lipinski definition) is 5. The molecule has 0 aliphatic carbocycles. The maximum Gasteiger partial charge on any atom is 0.293 e. The molecule has 2 heterocycles. The highest BCUT2D eigenvalue weighted by molar-refractivity contribution is 7.80. The number of aryl methyl sites for hydroxylation is 1. The molecule has 0 atom stereocenters. The van der Waals surface area contributed by atoms with E-state index in [1.54, 1.807) is 24.3 Å². The number of halogens is 2. The van der Waals surface area contributed by atoms with Crippen molar-refractivity contribution >= 4 is 61.5 Å². The number of hydrogen-bond donors (Lipinski definition) is 2. The molecule has 0 spiro atoms. The van der Waals surface area contributed by atoms with E-state index in [4.69, 9.17) is 28.2 Å². The number of aromatic nitrogens is 1. The molecule has 29 heavy (non-hydrogen) atoms. The Bertz CT molecular complexity index is 1250. The highest BCUT2D eigenvalue weighted by Crippen LogP contribution is 2.28. The lowest BCUT2D eigenvalue weighted by Gasteiger charge is -2.05.